The quantitative estimate of drug-likeness (QED) is 0.346. The molecule has 176 valence electrons. The Kier molecular flexibility index (Phi) is 7.91. The van der Waals surface area contributed by atoms with Gasteiger partial charge in [0.2, 0.25) is 5.91 Å². The highest BCUT2D eigenvalue weighted by molar-refractivity contribution is 8.05. The number of nitriles is 1. The fourth-order valence-corrected chi connectivity index (χ4v) is 5.34. The molecule has 7 heteroatoms. The van der Waals surface area contributed by atoms with Crippen LogP contribution in [0.2, 0.25) is 5.02 Å². The maximum absolute atomic E-state index is 13.5. The van der Waals surface area contributed by atoms with Gasteiger partial charge in [0.15, 0.2) is 0 Å². The Hall–Kier alpha value is -3.53. The number of aryl methyl sites for hydroxylation is 1. The molecule has 1 aliphatic rings. The number of amides is 2. The van der Waals surface area contributed by atoms with E-state index in [9.17, 15) is 14.9 Å². The fourth-order valence-electron chi connectivity index (χ4n) is 3.83. The highest BCUT2D eigenvalue weighted by atomic mass is 35.5. The second-order valence-corrected chi connectivity index (χ2v) is 9.79. The van der Waals surface area contributed by atoms with Crippen LogP contribution in [0, 0.1) is 18.3 Å². The summed E-state index contributed by atoms with van der Waals surface area (Å²) in [6.07, 6.45) is 1.03. The lowest BCUT2D eigenvalue weighted by atomic mass is 10.1. The smallest absolute Gasteiger partial charge is 0.264 e. The van der Waals surface area contributed by atoms with Crippen LogP contribution in [0.15, 0.2) is 89.5 Å². The maximum Gasteiger partial charge on any atom is 0.264 e. The topological polar surface area (TPSA) is 73.2 Å². The number of rotatable bonds is 7. The van der Waals surface area contributed by atoms with Crippen LogP contribution in [-0.2, 0) is 22.4 Å². The number of hydrogen-bond donors (Lipinski definition) is 1. The molecule has 3 aromatic rings. The number of thioether (sulfide) groups is 1. The molecule has 0 bridgehead atoms. The van der Waals surface area contributed by atoms with Crippen molar-refractivity contribution in [1.82, 2.24) is 5.32 Å². The maximum atomic E-state index is 13.5. The van der Waals surface area contributed by atoms with Crippen LogP contribution in [-0.4, -0.2) is 23.6 Å². The van der Waals surface area contributed by atoms with Gasteiger partial charge in [0, 0.05) is 17.3 Å². The highest BCUT2D eigenvalue weighted by Crippen LogP contribution is 2.42. The van der Waals surface area contributed by atoms with E-state index in [-0.39, 0.29) is 11.5 Å². The summed E-state index contributed by atoms with van der Waals surface area (Å²) in [5.74, 6) is -0.673. The van der Waals surface area contributed by atoms with Crippen LogP contribution in [0.4, 0.5) is 5.69 Å². The summed E-state index contributed by atoms with van der Waals surface area (Å²) in [5, 5.41) is 13.2. The largest absolute Gasteiger partial charge is 0.351 e. The van der Waals surface area contributed by atoms with E-state index < -0.39 is 11.2 Å². The first-order valence-corrected chi connectivity index (χ1v) is 12.5. The van der Waals surface area contributed by atoms with E-state index in [1.54, 1.807) is 6.07 Å². The van der Waals surface area contributed by atoms with E-state index >= 15 is 0 Å². The van der Waals surface area contributed by atoms with Gasteiger partial charge in [-0.1, -0.05) is 89.6 Å². The minimum Gasteiger partial charge on any atom is -0.351 e. The Morgan fingerprint density at radius 1 is 1.06 bits per heavy atom. The fraction of sp³-hybridized carbons (Fsp3) is 0.179. The number of nitrogens with zero attached hydrogens (tertiary/aromatic N) is 2. The molecule has 1 fully saturated rings. The third kappa shape index (κ3) is 5.76. The molecule has 1 N–H and O–H groups in total. The predicted octanol–water partition coefficient (Wildman–Crippen LogP) is 5.43. The zero-order valence-corrected chi connectivity index (χ0v) is 20.8. The van der Waals surface area contributed by atoms with Crippen LogP contribution in [0.25, 0.3) is 0 Å². The summed E-state index contributed by atoms with van der Waals surface area (Å²) in [4.78, 5) is 28.1. The molecule has 3 aromatic carbocycles. The van der Waals surface area contributed by atoms with Gasteiger partial charge >= 0.3 is 0 Å². The lowest BCUT2D eigenvalue weighted by molar-refractivity contribution is -0.117. The van der Waals surface area contributed by atoms with Crippen molar-refractivity contribution >= 4 is 40.9 Å². The van der Waals surface area contributed by atoms with Crippen LogP contribution < -0.4 is 10.2 Å². The first-order chi connectivity index (χ1) is 17.0. The van der Waals surface area contributed by atoms with Gasteiger partial charge in [-0.2, -0.15) is 5.26 Å². The molecule has 1 heterocycles. The predicted molar refractivity (Wildman–Crippen MR) is 141 cm³/mol. The molecular weight excluding hydrogens is 478 g/mol. The number of nitrogens with one attached hydrogen (secondary N) is 1. The Morgan fingerprint density at radius 2 is 1.74 bits per heavy atom. The summed E-state index contributed by atoms with van der Waals surface area (Å²) in [6.45, 7) is 2.34. The van der Waals surface area contributed by atoms with Crippen molar-refractivity contribution in [2.45, 2.75) is 25.0 Å². The van der Waals surface area contributed by atoms with Gasteiger partial charge in [0.05, 0.1) is 5.25 Å². The third-order valence-electron chi connectivity index (χ3n) is 5.70. The van der Waals surface area contributed by atoms with Crippen LogP contribution in [0.3, 0.4) is 0 Å². The van der Waals surface area contributed by atoms with Crippen molar-refractivity contribution in [2.24, 2.45) is 0 Å². The monoisotopic (exact) mass is 501 g/mol. The van der Waals surface area contributed by atoms with E-state index in [1.807, 2.05) is 85.8 Å². The molecule has 0 radical (unpaired) electrons. The van der Waals surface area contributed by atoms with Crippen molar-refractivity contribution in [3.05, 3.63) is 111 Å². The van der Waals surface area contributed by atoms with E-state index in [0.29, 0.717) is 35.1 Å². The van der Waals surface area contributed by atoms with Crippen molar-refractivity contribution in [2.75, 3.05) is 11.4 Å². The Labute approximate surface area is 214 Å². The van der Waals surface area contributed by atoms with Crippen LogP contribution >= 0.6 is 23.4 Å². The molecule has 1 aliphatic heterocycles. The summed E-state index contributed by atoms with van der Waals surface area (Å²) in [7, 11) is 0. The Bertz CT molecular complexity index is 1300. The number of carbonyl (C=O) groups excluding carboxylic acids is 2. The minimum atomic E-state index is -0.508. The Morgan fingerprint density at radius 3 is 2.43 bits per heavy atom. The molecule has 0 spiro atoms. The zero-order chi connectivity index (χ0) is 24.8. The van der Waals surface area contributed by atoms with Gasteiger partial charge in [-0.15, -0.1) is 0 Å². The number of carbonyl (C=O) groups is 2. The van der Waals surface area contributed by atoms with E-state index in [0.717, 1.165) is 16.7 Å². The van der Waals surface area contributed by atoms with Crippen molar-refractivity contribution in [1.29, 1.82) is 5.26 Å². The van der Waals surface area contributed by atoms with Crippen molar-refractivity contribution in [3.63, 3.8) is 0 Å². The van der Waals surface area contributed by atoms with Gasteiger partial charge in [-0.05, 0) is 49.1 Å². The molecule has 35 heavy (non-hydrogen) atoms. The third-order valence-corrected chi connectivity index (χ3v) is 7.33. The first-order valence-electron chi connectivity index (χ1n) is 11.2. The van der Waals surface area contributed by atoms with Gasteiger partial charge in [-0.3, -0.25) is 14.5 Å². The molecule has 2 amide bonds. The normalized spacial score (nSPS) is 16.7. The number of hydrogen-bond acceptors (Lipinski definition) is 4. The van der Waals surface area contributed by atoms with E-state index in [4.69, 9.17) is 11.6 Å². The second-order valence-electron chi connectivity index (χ2n) is 8.19. The van der Waals surface area contributed by atoms with E-state index in [2.05, 4.69) is 5.32 Å². The van der Waals surface area contributed by atoms with Crippen molar-refractivity contribution < 1.29 is 9.59 Å². The molecule has 5 nitrogen and oxygen atoms in total. The summed E-state index contributed by atoms with van der Waals surface area (Å²) >= 11 is 7.58. The second kappa shape index (κ2) is 11.3. The minimum absolute atomic E-state index is 0.0707. The lowest BCUT2D eigenvalue weighted by Gasteiger charge is -2.19. The molecule has 1 saturated heterocycles. The molecule has 0 saturated carbocycles. The Balaban J connectivity index is 1.62. The standard InChI is InChI=1S/C28H24ClN3O2S/c1-19-11-13-22(14-12-19)32-27(34)25(17-21-9-5-6-10-24(21)29)35-28(32)23(18-30)26(33)31-16-15-20-7-3-2-4-8-20/h2-14,25H,15-17H2,1H3,(H,31,33)/b28-23-/t25-/m1/s1. The molecule has 0 aliphatic carbocycles. The number of halogens is 1. The average Bonchev–Trinajstić information content (AvgIpc) is 3.17. The zero-order valence-electron chi connectivity index (χ0n) is 19.2. The molecular formula is C28H24ClN3O2S. The first kappa shape index (κ1) is 24.6. The van der Waals surface area contributed by atoms with Crippen molar-refractivity contribution in [3.8, 4) is 6.07 Å². The van der Waals surface area contributed by atoms with Gasteiger partial charge in [0.25, 0.3) is 5.91 Å². The summed E-state index contributed by atoms with van der Waals surface area (Å²) in [6, 6.07) is 26.7. The molecule has 1 atom stereocenters. The van der Waals surface area contributed by atoms with Gasteiger partial charge < -0.3 is 5.32 Å². The lowest BCUT2D eigenvalue weighted by Crippen LogP contribution is -2.32. The molecule has 0 aromatic heterocycles. The van der Waals surface area contributed by atoms with Gasteiger partial charge in [-0.25, -0.2) is 0 Å². The van der Waals surface area contributed by atoms with Crippen LogP contribution in [0.5, 0.6) is 0 Å². The average molecular weight is 502 g/mol. The molecule has 0 unspecified atom stereocenters. The van der Waals surface area contributed by atoms with Crippen LogP contribution in [0.1, 0.15) is 16.7 Å². The molecule has 4 rings (SSSR count). The highest BCUT2D eigenvalue weighted by Gasteiger charge is 2.41. The summed E-state index contributed by atoms with van der Waals surface area (Å²) in [5.41, 5.74) is 3.53. The van der Waals surface area contributed by atoms with E-state index in [1.165, 1.54) is 16.7 Å². The number of anilines is 1. The SMILES string of the molecule is Cc1ccc(N2C(=O)[C@@H](Cc3ccccc3Cl)S/C2=C(/C#N)C(=O)NCCc2ccccc2)cc1. The van der Waals surface area contributed by atoms with Gasteiger partial charge in [0.1, 0.15) is 16.7 Å². The summed E-state index contributed by atoms with van der Waals surface area (Å²) < 4.78 is 0. The number of benzene rings is 3.